The third-order valence-electron chi connectivity index (χ3n) is 7.46. The zero-order chi connectivity index (χ0) is 28.3. The second-order valence-electron chi connectivity index (χ2n) is 9.67. The molecule has 6 rings (SSSR count). The third-order valence-corrected chi connectivity index (χ3v) is 7.46. The van der Waals surface area contributed by atoms with Crippen LogP contribution in [0.2, 0.25) is 0 Å². The minimum atomic E-state index is -4.68. The Morgan fingerprint density at radius 3 is 2.33 bits per heavy atom. The fourth-order valence-electron chi connectivity index (χ4n) is 5.77. The maximum absolute atomic E-state index is 13.8. The van der Waals surface area contributed by atoms with Crippen LogP contribution in [0.1, 0.15) is 11.1 Å². The van der Waals surface area contributed by atoms with E-state index in [0.717, 1.165) is 28.7 Å². The van der Waals surface area contributed by atoms with E-state index in [9.17, 15) is 37.7 Å². The van der Waals surface area contributed by atoms with Crippen molar-refractivity contribution < 1.29 is 32.5 Å². The van der Waals surface area contributed by atoms with Gasteiger partial charge in [0.2, 0.25) is 17.7 Å². The average Bonchev–Trinajstić information content (AvgIpc) is 3.41. The number of nitrogens with one attached hydrogen (secondary N) is 1. The van der Waals surface area contributed by atoms with Crippen LogP contribution in [0.25, 0.3) is 6.08 Å². The summed E-state index contributed by atoms with van der Waals surface area (Å²) in [5, 5.41) is 13.7. The van der Waals surface area contributed by atoms with Gasteiger partial charge in [0.05, 0.1) is 34.1 Å². The van der Waals surface area contributed by atoms with Crippen LogP contribution in [0.15, 0.2) is 78.9 Å². The van der Waals surface area contributed by atoms with Gasteiger partial charge in [-0.2, -0.15) is 13.2 Å². The fraction of sp³-hybridized carbons (Fsp3) is 0.179. The summed E-state index contributed by atoms with van der Waals surface area (Å²) in [6.07, 6.45) is -1.17. The number of carbonyl (C=O) groups is 3. The van der Waals surface area contributed by atoms with Crippen molar-refractivity contribution in [2.75, 3.05) is 15.1 Å². The predicted molar refractivity (Wildman–Crippen MR) is 138 cm³/mol. The second kappa shape index (κ2) is 9.04. The van der Waals surface area contributed by atoms with Gasteiger partial charge < -0.3 is 10.2 Å². The molecule has 3 amide bonds. The summed E-state index contributed by atoms with van der Waals surface area (Å²) in [7, 11) is 0. The molecule has 202 valence electrons. The first-order chi connectivity index (χ1) is 19.1. The lowest BCUT2D eigenvalue weighted by molar-refractivity contribution is -0.384. The number of benzene rings is 3. The monoisotopic (exact) mass is 548 g/mol. The van der Waals surface area contributed by atoms with E-state index in [2.05, 4.69) is 5.32 Å². The molecule has 9 nitrogen and oxygen atoms in total. The number of halogens is 3. The van der Waals surface area contributed by atoms with Crippen molar-refractivity contribution in [2.45, 2.75) is 18.3 Å². The van der Waals surface area contributed by atoms with Gasteiger partial charge in [0.1, 0.15) is 6.04 Å². The number of carbonyl (C=O) groups excluding carboxylic acids is 3. The summed E-state index contributed by atoms with van der Waals surface area (Å²) in [4.78, 5) is 54.2. The van der Waals surface area contributed by atoms with E-state index in [1.54, 1.807) is 35.3 Å². The van der Waals surface area contributed by atoms with Crippen molar-refractivity contribution in [1.82, 2.24) is 0 Å². The van der Waals surface area contributed by atoms with Crippen LogP contribution in [-0.4, -0.2) is 34.7 Å². The van der Waals surface area contributed by atoms with Crippen molar-refractivity contribution in [2.24, 2.45) is 11.8 Å². The van der Waals surface area contributed by atoms with E-state index in [-0.39, 0.29) is 17.1 Å². The van der Waals surface area contributed by atoms with Crippen molar-refractivity contribution in [3.8, 4) is 0 Å². The molecule has 0 saturated carbocycles. The van der Waals surface area contributed by atoms with Gasteiger partial charge in [-0.25, -0.2) is 4.90 Å². The third kappa shape index (κ3) is 3.91. The van der Waals surface area contributed by atoms with Gasteiger partial charge in [0.25, 0.3) is 5.69 Å². The average molecular weight is 548 g/mol. The van der Waals surface area contributed by atoms with Crippen molar-refractivity contribution in [1.29, 1.82) is 0 Å². The maximum atomic E-state index is 13.8. The number of amides is 3. The molecule has 3 aromatic rings. The molecular weight excluding hydrogens is 529 g/mol. The minimum Gasteiger partial charge on any atom is -0.351 e. The van der Waals surface area contributed by atoms with E-state index in [4.69, 9.17) is 0 Å². The topological polar surface area (TPSA) is 113 Å². The van der Waals surface area contributed by atoms with Crippen molar-refractivity contribution in [3.05, 3.63) is 100 Å². The Morgan fingerprint density at radius 2 is 1.62 bits per heavy atom. The minimum absolute atomic E-state index is 0.178. The van der Waals surface area contributed by atoms with Crippen molar-refractivity contribution >= 4 is 46.5 Å². The van der Waals surface area contributed by atoms with Crippen LogP contribution in [0.5, 0.6) is 0 Å². The van der Waals surface area contributed by atoms with Crippen molar-refractivity contribution in [3.63, 3.8) is 0 Å². The van der Waals surface area contributed by atoms with Gasteiger partial charge >= 0.3 is 6.18 Å². The molecule has 3 heterocycles. The van der Waals surface area contributed by atoms with E-state index in [0.29, 0.717) is 5.69 Å². The zero-order valence-electron chi connectivity index (χ0n) is 20.4. The number of para-hydroxylation sites is 1. The van der Waals surface area contributed by atoms with E-state index in [1.165, 1.54) is 30.3 Å². The normalized spacial score (nSPS) is 23.1. The second-order valence-corrected chi connectivity index (χ2v) is 9.67. The lowest BCUT2D eigenvalue weighted by atomic mass is 9.88. The quantitative estimate of drug-likeness (QED) is 0.289. The predicted octanol–water partition coefficient (Wildman–Crippen LogP) is 4.64. The smallest absolute Gasteiger partial charge is 0.351 e. The molecule has 4 atom stereocenters. The largest absolute Gasteiger partial charge is 0.416 e. The summed E-state index contributed by atoms with van der Waals surface area (Å²) < 4.78 is 40.2. The molecule has 2 fully saturated rings. The van der Waals surface area contributed by atoms with Crippen LogP contribution < -0.4 is 15.1 Å². The first kappa shape index (κ1) is 25.3. The molecule has 12 heteroatoms. The van der Waals surface area contributed by atoms with Crippen LogP contribution in [0, 0.1) is 22.0 Å². The molecule has 0 unspecified atom stereocenters. The molecule has 3 aliphatic rings. The maximum Gasteiger partial charge on any atom is 0.416 e. The number of hydrogen-bond acceptors (Lipinski definition) is 6. The summed E-state index contributed by atoms with van der Waals surface area (Å²) in [5.74, 6) is -4.33. The fourth-order valence-corrected chi connectivity index (χ4v) is 5.77. The van der Waals surface area contributed by atoms with Gasteiger partial charge in [-0.3, -0.25) is 24.5 Å². The molecule has 0 aromatic heterocycles. The van der Waals surface area contributed by atoms with Gasteiger partial charge in [0.15, 0.2) is 0 Å². The summed E-state index contributed by atoms with van der Waals surface area (Å²) in [5.41, 5.74) is 0.218. The van der Waals surface area contributed by atoms with Gasteiger partial charge in [-0.05, 0) is 42.0 Å². The Hall–Kier alpha value is -5.00. The molecule has 0 bridgehead atoms. The number of fused-ring (bicyclic) bond motifs is 5. The number of alkyl halides is 3. The number of anilines is 3. The molecule has 40 heavy (non-hydrogen) atoms. The first-order valence-electron chi connectivity index (χ1n) is 12.2. The van der Waals surface area contributed by atoms with Crippen LogP contribution >= 0.6 is 0 Å². The Morgan fingerprint density at radius 1 is 0.925 bits per heavy atom. The van der Waals surface area contributed by atoms with Crippen LogP contribution in [0.4, 0.5) is 35.9 Å². The highest BCUT2D eigenvalue weighted by molar-refractivity contribution is 6.25. The number of imide groups is 1. The number of hydrogen-bond donors (Lipinski definition) is 1. The Kier molecular flexibility index (Phi) is 5.71. The molecule has 0 spiro atoms. The van der Waals surface area contributed by atoms with Gasteiger partial charge in [-0.1, -0.05) is 36.4 Å². The van der Waals surface area contributed by atoms with E-state index < -0.39 is 58.3 Å². The number of nitro groups is 1. The molecule has 3 aromatic carbocycles. The lowest BCUT2D eigenvalue weighted by Gasteiger charge is -2.36. The highest BCUT2D eigenvalue weighted by Gasteiger charge is 2.64. The summed E-state index contributed by atoms with van der Waals surface area (Å²) >= 11 is 0. The molecule has 2 saturated heterocycles. The standard InChI is InChI=1S/C28H19F3N4O5/c29-28(30,31)16-5-3-6-19(14-16)33-26(37)22-21-13-8-15-4-1-2-7-20(15)34(21)24(23(22)27(33)38)25(36)32-17-9-11-18(12-10-17)35(39)40/h1-14,21-24H,(H,32,36)/t21-,22-,23-,24+/m1/s1. The number of non-ortho nitro benzene ring substituents is 1. The number of nitro benzene ring substituents is 1. The highest BCUT2D eigenvalue weighted by atomic mass is 19.4. The molecule has 3 aliphatic heterocycles. The Bertz CT molecular complexity index is 1600. The molecule has 0 radical (unpaired) electrons. The molecule has 0 aliphatic carbocycles. The van der Waals surface area contributed by atoms with Crippen LogP contribution in [-0.2, 0) is 20.6 Å². The Labute approximate surface area is 224 Å². The zero-order valence-corrected chi connectivity index (χ0v) is 20.4. The molecular formula is C28H19F3N4O5. The summed E-state index contributed by atoms with van der Waals surface area (Å²) in [6.45, 7) is 0. The van der Waals surface area contributed by atoms with E-state index in [1.807, 2.05) is 6.07 Å². The number of rotatable bonds is 4. The number of nitrogens with zero attached hydrogens (tertiary/aromatic N) is 3. The van der Waals surface area contributed by atoms with E-state index >= 15 is 0 Å². The summed E-state index contributed by atoms with van der Waals surface area (Å²) in [6, 6.07) is 14.3. The van der Waals surface area contributed by atoms with Gasteiger partial charge in [-0.15, -0.1) is 0 Å². The Balaban J connectivity index is 1.41. The van der Waals surface area contributed by atoms with Crippen LogP contribution in [0.3, 0.4) is 0 Å². The lowest BCUT2D eigenvalue weighted by Crippen LogP contribution is -2.50. The highest BCUT2D eigenvalue weighted by Crippen LogP contribution is 2.49. The van der Waals surface area contributed by atoms with Gasteiger partial charge in [0, 0.05) is 23.5 Å². The first-order valence-corrected chi connectivity index (χ1v) is 12.2. The molecule has 1 N–H and O–H groups in total. The SMILES string of the molecule is O=C(Nc1ccc([N+](=O)[O-])cc1)[C@@H]1[C@@H]2C(=O)N(c3cccc(C(F)(F)F)c3)C(=O)[C@@H]2[C@H]2C=Cc3ccccc3N21.